The van der Waals surface area contributed by atoms with E-state index < -0.39 is 11.7 Å². The first-order valence-electron chi connectivity index (χ1n) is 8.37. The highest BCUT2D eigenvalue weighted by Gasteiger charge is 2.34. The number of nitrogens with zero attached hydrogens (tertiary/aromatic N) is 1. The van der Waals surface area contributed by atoms with Crippen LogP contribution in [0.3, 0.4) is 0 Å². The number of rotatable bonds is 7. The molecule has 0 fully saturated rings. The predicted octanol–water partition coefficient (Wildman–Crippen LogP) is 4.67. The average Bonchev–Trinajstić information content (AvgIpc) is 2.89. The van der Waals surface area contributed by atoms with E-state index in [1.807, 2.05) is 0 Å². The first-order valence-corrected chi connectivity index (χ1v) is 9.62. The van der Waals surface area contributed by atoms with Gasteiger partial charge in [0.2, 0.25) is 5.91 Å². The molecule has 9 heteroatoms. The van der Waals surface area contributed by atoms with Crippen LogP contribution >= 0.6 is 23.4 Å². The van der Waals surface area contributed by atoms with E-state index in [1.54, 1.807) is 30.3 Å². The standard InChI is InChI=1S/C19H15ClF2N2O3S/c20-13-7-3-8-14(16(13)28-19(21)22)23-15(25)9-4-10-24-17(26)11-5-1-2-6-12(11)18(24)27/h1-3,5-8,19H,4,9-10H2,(H,23,25). The lowest BCUT2D eigenvalue weighted by Crippen LogP contribution is -2.31. The summed E-state index contributed by atoms with van der Waals surface area (Å²) in [4.78, 5) is 37.9. The topological polar surface area (TPSA) is 66.5 Å². The Labute approximate surface area is 169 Å². The molecule has 0 unspecified atom stereocenters. The minimum atomic E-state index is -2.68. The van der Waals surface area contributed by atoms with Gasteiger partial charge in [-0.2, -0.15) is 8.78 Å². The summed E-state index contributed by atoms with van der Waals surface area (Å²) in [5.74, 6) is -3.86. The van der Waals surface area contributed by atoms with Crippen LogP contribution in [0.4, 0.5) is 14.5 Å². The Morgan fingerprint density at radius 1 is 1.07 bits per heavy atom. The highest BCUT2D eigenvalue weighted by molar-refractivity contribution is 7.99. The van der Waals surface area contributed by atoms with E-state index >= 15 is 0 Å². The molecule has 0 saturated heterocycles. The molecular formula is C19H15ClF2N2O3S. The Morgan fingerprint density at radius 3 is 2.32 bits per heavy atom. The molecule has 28 heavy (non-hydrogen) atoms. The first kappa shape index (κ1) is 20.3. The number of fused-ring (bicyclic) bond motifs is 1. The second-order valence-corrected chi connectivity index (χ2v) is 7.36. The molecule has 3 amide bonds. The van der Waals surface area contributed by atoms with Crippen LogP contribution in [0.15, 0.2) is 47.4 Å². The SMILES string of the molecule is O=C(CCCN1C(=O)c2ccccc2C1=O)Nc1cccc(Cl)c1SC(F)F. The van der Waals surface area contributed by atoms with Gasteiger partial charge in [-0.15, -0.1) is 0 Å². The molecular weight excluding hydrogens is 410 g/mol. The quantitative estimate of drug-likeness (QED) is 0.518. The minimum Gasteiger partial charge on any atom is -0.325 e. The zero-order valence-electron chi connectivity index (χ0n) is 14.5. The fourth-order valence-electron chi connectivity index (χ4n) is 2.87. The molecule has 0 aliphatic carbocycles. The molecule has 1 N–H and O–H groups in total. The maximum Gasteiger partial charge on any atom is 0.289 e. The fourth-order valence-corrected chi connectivity index (χ4v) is 3.78. The van der Waals surface area contributed by atoms with Gasteiger partial charge in [0.1, 0.15) is 0 Å². The van der Waals surface area contributed by atoms with Gasteiger partial charge in [-0.1, -0.05) is 41.6 Å². The van der Waals surface area contributed by atoms with Gasteiger partial charge in [-0.3, -0.25) is 19.3 Å². The summed E-state index contributed by atoms with van der Waals surface area (Å²) in [5.41, 5.74) is 0.901. The summed E-state index contributed by atoms with van der Waals surface area (Å²) >= 11 is 6.19. The molecule has 0 atom stereocenters. The molecule has 1 aliphatic heterocycles. The summed E-state index contributed by atoms with van der Waals surface area (Å²) in [7, 11) is 0. The fraction of sp³-hybridized carbons (Fsp3) is 0.211. The van der Waals surface area contributed by atoms with Gasteiger partial charge in [-0.05, 0) is 30.7 Å². The molecule has 1 aliphatic rings. The van der Waals surface area contributed by atoms with Gasteiger partial charge in [0.25, 0.3) is 17.6 Å². The highest BCUT2D eigenvalue weighted by atomic mass is 35.5. The predicted molar refractivity (Wildman–Crippen MR) is 103 cm³/mol. The zero-order valence-corrected chi connectivity index (χ0v) is 16.0. The molecule has 5 nitrogen and oxygen atoms in total. The van der Waals surface area contributed by atoms with Crippen molar-refractivity contribution in [2.75, 3.05) is 11.9 Å². The summed E-state index contributed by atoms with van der Waals surface area (Å²) < 4.78 is 25.4. The molecule has 0 aromatic heterocycles. The third kappa shape index (κ3) is 4.34. The number of alkyl halides is 2. The van der Waals surface area contributed by atoms with Crippen molar-refractivity contribution in [2.45, 2.75) is 23.5 Å². The molecule has 1 heterocycles. The number of anilines is 1. The average molecular weight is 425 g/mol. The Balaban J connectivity index is 1.57. The lowest BCUT2D eigenvalue weighted by atomic mass is 10.1. The lowest BCUT2D eigenvalue weighted by molar-refractivity contribution is -0.116. The number of thioether (sulfide) groups is 1. The van der Waals surface area contributed by atoms with Crippen molar-refractivity contribution in [3.05, 3.63) is 58.6 Å². The maximum absolute atomic E-state index is 12.7. The summed E-state index contributed by atoms with van der Waals surface area (Å²) in [6.45, 7) is 0.0912. The van der Waals surface area contributed by atoms with E-state index in [2.05, 4.69) is 5.32 Å². The van der Waals surface area contributed by atoms with E-state index in [4.69, 9.17) is 11.6 Å². The van der Waals surface area contributed by atoms with Crippen molar-refractivity contribution >= 4 is 46.8 Å². The van der Waals surface area contributed by atoms with Crippen LogP contribution in [0.1, 0.15) is 33.6 Å². The molecule has 0 radical (unpaired) electrons. The number of nitrogens with one attached hydrogen (secondary N) is 1. The molecule has 3 rings (SSSR count). The second kappa shape index (κ2) is 8.70. The van der Waals surface area contributed by atoms with Crippen LogP contribution < -0.4 is 5.32 Å². The Bertz CT molecular complexity index is 904. The maximum atomic E-state index is 12.7. The summed E-state index contributed by atoms with van der Waals surface area (Å²) in [5, 5.41) is 2.68. The minimum absolute atomic E-state index is 0.0126. The highest BCUT2D eigenvalue weighted by Crippen LogP contribution is 2.37. The Hall–Kier alpha value is -2.45. The van der Waals surface area contributed by atoms with Gasteiger partial charge < -0.3 is 5.32 Å². The van der Waals surface area contributed by atoms with E-state index in [0.717, 1.165) is 4.90 Å². The van der Waals surface area contributed by atoms with Crippen LogP contribution in [0.2, 0.25) is 5.02 Å². The largest absolute Gasteiger partial charge is 0.325 e. The van der Waals surface area contributed by atoms with Crippen molar-refractivity contribution in [3.8, 4) is 0 Å². The van der Waals surface area contributed by atoms with Crippen molar-refractivity contribution < 1.29 is 23.2 Å². The van der Waals surface area contributed by atoms with Gasteiger partial charge in [0, 0.05) is 13.0 Å². The molecule has 0 spiro atoms. The number of benzene rings is 2. The van der Waals surface area contributed by atoms with Crippen molar-refractivity contribution in [1.82, 2.24) is 4.90 Å². The third-order valence-electron chi connectivity index (χ3n) is 4.11. The Kier molecular flexibility index (Phi) is 6.31. The number of hydrogen-bond acceptors (Lipinski definition) is 4. The van der Waals surface area contributed by atoms with E-state index in [0.29, 0.717) is 11.1 Å². The van der Waals surface area contributed by atoms with Gasteiger partial charge in [0.05, 0.1) is 26.7 Å². The normalized spacial score (nSPS) is 13.2. The van der Waals surface area contributed by atoms with Crippen LogP contribution in [-0.2, 0) is 4.79 Å². The van der Waals surface area contributed by atoms with E-state index in [-0.39, 0.29) is 58.6 Å². The van der Waals surface area contributed by atoms with Crippen molar-refractivity contribution in [2.24, 2.45) is 0 Å². The Morgan fingerprint density at radius 2 is 1.71 bits per heavy atom. The van der Waals surface area contributed by atoms with Crippen LogP contribution in [-0.4, -0.2) is 34.9 Å². The van der Waals surface area contributed by atoms with E-state index in [9.17, 15) is 23.2 Å². The molecule has 2 aromatic rings. The van der Waals surface area contributed by atoms with Gasteiger partial charge in [0.15, 0.2) is 0 Å². The lowest BCUT2D eigenvalue weighted by Gasteiger charge is -2.14. The smallest absolute Gasteiger partial charge is 0.289 e. The van der Waals surface area contributed by atoms with Crippen LogP contribution in [0.5, 0.6) is 0 Å². The summed E-state index contributed by atoms with van der Waals surface area (Å²) in [6.07, 6.45) is 0.258. The zero-order chi connectivity index (χ0) is 20.3. The van der Waals surface area contributed by atoms with Crippen LogP contribution in [0, 0.1) is 0 Å². The van der Waals surface area contributed by atoms with Crippen molar-refractivity contribution in [3.63, 3.8) is 0 Å². The molecule has 0 saturated carbocycles. The molecule has 2 aromatic carbocycles. The van der Waals surface area contributed by atoms with E-state index in [1.165, 1.54) is 12.1 Å². The first-order chi connectivity index (χ1) is 13.4. The number of carbonyl (C=O) groups excluding carboxylic acids is 3. The number of amides is 3. The number of imide groups is 1. The second-order valence-electron chi connectivity index (χ2n) is 5.95. The van der Waals surface area contributed by atoms with Gasteiger partial charge in [-0.25, -0.2) is 0 Å². The van der Waals surface area contributed by atoms with Crippen LogP contribution in [0.25, 0.3) is 0 Å². The molecule has 0 bridgehead atoms. The third-order valence-corrected chi connectivity index (χ3v) is 5.39. The molecule has 146 valence electrons. The summed E-state index contributed by atoms with van der Waals surface area (Å²) in [6, 6.07) is 11.0. The number of carbonyl (C=O) groups is 3. The van der Waals surface area contributed by atoms with Crippen molar-refractivity contribution in [1.29, 1.82) is 0 Å². The number of hydrogen-bond donors (Lipinski definition) is 1. The van der Waals surface area contributed by atoms with Gasteiger partial charge >= 0.3 is 0 Å². The number of halogens is 3. The monoisotopic (exact) mass is 424 g/mol.